The molecule has 0 bridgehead atoms. The lowest BCUT2D eigenvalue weighted by molar-refractivity contribution is -0.141. The normalized spacial score (nSPS) is 20.7. The molecular formula is C21H27BrN4O4. The number of amides is 3. The fraction of sp³-hybridized carbons (Fsp3) is 0.571. The van der Waals surface area contributed by atoms with Crippen molar-refractivity contribution in [1.29, 1.82) is 0 Å². The van der Waals surface area contributed by atoms with E-state index in [0.29, 0.717) is 37.4 Å². The van der Waals surface area contributed by atoms with Crippen LogP contribution in [0, 0.1) is 5.92 Å². The van der Waals surface area contributed by atoms with Crippen LogP contribution >= 0.6 is 15.9 Å². The van der Waals surface area contributed by atoms with Gasteiger partial charge in [0.05, 0.1) is 5.69 Å². The second-order valence-electron chi connectivity index (χ2n) is 8.16. The number of hydrogen-bond donors (Lipinski definition) is 0. The van der Waals surface area contributed by atoms with E-state index in [1.54, 1.807) is 17.0 Å². The summed E-state index contributed by atoms with van der Waals surface area (Å²) in [6.45, 7) is 4.41. The maximum absolute atomic E-state index is 12.9. The number of rotatable bonds is 3. The molecule has 3 aliphatic heterocycles. The Morgan fingerprint density at radius 1 is 1.07 bits per heavy atom. The van der Waals surface area contributed by atoms with Crippen LogP contribution in [0.3, 0.4) is 0 Å². The van der Waals surface area contributed by atoms with E-state index in [0.717, 1.165) is 30.7 Å². The number of piperazine rings is 1. The number of carbonyl (C=O) groups excluding carboxylic acids is 3. The fourth-order valence-electron chi connectivity index (χ4n) is 4.25. The summed E-state index contributed by atoms with van der Waals surface area (Å²) in [7, 11) is 2.07. The zero-order valence-corrected chi connectivity index (χ0v) is 18.8. The molecule has 1 aromatic rings. The van der Waals surface area contributed by atoms with Gasteiger partial charge in [-0.05, 0) is 38.1 Å². The van der Waals surface area contributed by atoms with Gasteiger partial charge >= 0.3 is 0 Å². The summed E-state index contributed by atoms with van der Waals surface area (Å²) in [5.74, 6) is 0.481. The summed E-state index contributed by atoms with van der Waals surface area (Å²) in [6.07, 6.45) is 1.36. The molecule has 162 valence electrons. The minimum absolute atomic E-state index is 0.00605. The Bertz CT molecular complexity index is 832. The minimum atomic E-state index is -0.224. The molecule has 1 aromatic carbocycles. The molecule has 0 saturated carbocycles. The van der Waals surface area contributed by atoms with E-state index in [1.807, 2.05) is 11.0 Å². The first-order valence-electron chi connectivity index (χ1n) is 10.4. The molecule has 30 heavy (non-hydrogen) atoms. The SMILES string of the molecule is CN1CCN(C(=O)C2CCN(C(=O)CN3C(=O)COc4cc(Br)ccc43)CC2)CC1. The number of anilines is 1. The molecule has 2 saturated heterocycles. The van der Waals surface area contributed by atoms with Crippen molar-refractivity contribution in [1.82, 2.24) is 14.7 Å². The monoisotopic (exact) mass is 478 g/mol. The van der Waals surface area contributed by atoms with Crippen molar-refractivity contribution in [2.75, 3.05) is 64.4 Å². The quantitative estimate of drug-likeness (QED) is 0.652. The Morgan fingerprint density at radius 3 is 2.47 bits per heavy atom. The highest BCUT2D eigenvalue weighted by Crippen LogP contribution is 2.34. The summed E-state index contributed by atoms with van der Waals surface area (Å²) >= 11 is 3.40. The first-order chi connectivity index (χ1) is 14.4. The number of nitrogens with zero attached hydrogens (tertiary/aromatic N) is 4. The van der Waals surface area contributed by atoms with Crippen LogP contribution in [0.5, 0.6) is 5.75 Å². The molecule has 0 aromatic heterocycles. The summed E-state index contributed by atoms with van der Waals surface area (Å²) in [5, 5.41) is 0. The maximum atomic E-state index is 12.9. The van der Waals surface area contributed by atoms with Gasteiger partial charge in [0.1, 0.15) is 12.3 Å². The van der Waals surface area contributed by atoms with Gasteiger partial charge in [0.2, 0.25) is 11.8 Å². The lowest BCUT2D eigenvalue weighted by atomic mass is 9.95. The smallest absolute Gasteiger partial charge is 0.265 e. The highest BCUT2D eigenvalue weighted by molar-refractivity contribution is 9.10. The van der Waals surface area contributed by atoms with Gasteiger partial charge in [-0.15, -0.1) is 0 Å². The van der Waals surface area contributed by atoms with Crippen molar-refractivity contribution in [3.8, 4) is 5.75 Å². The third kappa shape index (κ3) is 4.46. The van der Waals surface area contributed by atoms with Gasteiger partial charge in [-0.1, -0.05) is 15.9 Å². The largest absolute Gasteiger partial charge is 0.482 e. The molecule has 2 fully saturated rings. The number of fused-ring (bicyclic) bond motifs is 1. The Hall–Kier alpha value is -2.13. The van der Waals surface area contributed by atoms with Crippen molar-refractivity contribution >= 4 is 39.3 Å². The van der Waals surface area contributed by atoms with Gasteiger partial charge < -0.3 is 19.4 Å². The van der Waals surface area contributed by atoms with Crippen LogP contribution in [0.2, 0.25) is 0 Å². The van der Waals surface area contributed by atoms with E-state index in [-0.39, 0.29) is 36.8 Å². The van der Waals surface area contributed by atoms with Crippen LogP contribution in [0.4, 0.5) is 5.69 Å². The average Bonchev–Trinajstić information content (AvgIpc) is 2.76. The van der Waals surface area contributed by atoms with Crippen LogP contribution in [-0.4, -0.2) is 91.9 Å². The van der Waals surface area contributed by atoms with Crippen LogP contribution in [0.1, 0.15) is 12.8 Å². The molecule has 0 radical (unpaired) electrons. The number of likely N-dealkylation sites (N-methyl/N-ethyl adjacent to an activating group) is 1. The number of carbonyl (C=O) groups is 3. The molecule has 0 spiro atoms. The van der Waals surface area contributed by atoms with Crippen molar-refractivity contribution < 1.29 is 19.1 Å². The number of hydrogen-bond acceptors (Lipinski definition) is 5. The van der Waals surface area contributed by atoms with E-state index >= 15 is 0 Å². The molecule has 9 heteroatoms. The van der Waals surface area contributed by atoms with Crippen molar-refractivity contribution in [3.05, 3.63) is 22.7 Å². The second-order valence-corrected chi connectivity index (χ2v) is 9.08. The zero-order valence-electron chi connectivity index (χ0n) is 17.2. The Kier molecular flexibility index (Phi) is 6.29. The van der Waals surface area contributed by atoms with Gasteiger partial charge in [-0.2, -0.15) is 0 Å². The number of benzene rings is 1. The maximum Gasteiger partial charge on any atom is 0.265 e. The van der Waals surface area contributed by atoms with Crippen molar-refractivity contribution in [2.45, 2.75) is 12.8 Å². The third-order valence-corrected chi connectivity index (χ3v) is 6.66. The summed E-state index contributed by atoms with van der Waals surface area (Å²) in [4.78, 5) is 45.5. The van der Waals surface area contributed by atoms with Crippen molar-refractivity contribution in [2.24, 2.45) is 5.92 Å². The lowest BCUT2D eigenvalue weighted by Crippen LogP contribution is -2.52. The molecule has 3 aliphatic rings. The van der Waals surface area contributed by atoms with Gasteiger partial charge in [-0.25, -0.2) is 0 Å². The van der Waals surface area contributed by atoms with Crippen LogP contribution in [0.25, 0.3) is 0 Å². The molecule has 4 rings (SSSR count). The predicted octanol–water partition coefficient (Wildman–Crippen LogP) is 1.19. The Morgan fingerprint density at radius 2 is 1.77 bits per heavy atom. The molecule has 0 unspecified atom stereocenters. The fourth-order valence-corrected chi connectivity index (χ4v) is 4.59. The second kappa shape index (κ2) is 8.93. The van der Waals surface area contributed by atoms with Gasteiger partial charge in [0, 0.05) is 49.7 Å². The molecule has 3 amide bonds. The molecule has 0 atom stereocenters. The minimum Gasteiger partial charge on any atom is -0.482 e. The Balaban J connectivity index is 1.33. The number of ether oxygens (including phenoxy) is 1. The first kappa shape index (κ1) is 21.1. The van der Waals surface area contributed by atoms with E-state index in [4.69, 9.17) is 4.74 Å². The standard InChI is InChI=1S/C21H27BrN4O4/c1-23-8-10-25(11-9-23)21(29)15-4-6-24(7-5-15)19(27)13-26-17-3-2-16(22)12-18(17)30-14-20(26)28/h2-3,12,15H,4-11,13-14H2,1H3. The van der Waals surface area contributed by atoms with Crippen molar-refractivity contribution in [3.63, 3.8) is 0 Å². The predicted molar refractivity (Wildman–Crippen MR) is 115 cm³/mol. The topological polar surface area (TPSA) is 73.4 Å². The number of likely N-dealkylation sites (tertiary alicyclic amines) is 1. The summed E-state index contributed by atoms with van der Waals surface area (Å²) in [5.41, 5.74) is 0.614. The molecule has 0 aliphatic carbocycles. The van der Waals surface area contributed by atoms with Crippen LogP contribution in [-0.2, 0) is 14.4 Å². The number of piperidine rings is 1. The molecule has 8 nitrogen and oxygen atoms in total. The number of halogens is 1. The van der Waals surface area contributed by atoms with E-state index in [9.17, 15) is 14.4 Å². The zero-order chi connectivity index (χ0) is 21.3. The highest BCUT2D eigenvalue weighted by Gasteiger charge is 2.33. The first-order valence-corrected chi connectivity index (χ1v) is 11.2. The van der Waals surface area contributed by atoms with Gasteiger partial charge in [0.15, 0.2) is 6.61 Å². The molecular weight excluding hydrogens is 452 g/mol. The highest BCUT2D eigenvalue weighted by atomic mass is 79.9. The Labute approximate surface area is 184 Å². The third-order valence-electron chi connectivity index (χ3n) is 6.17. The average molecular weight is 479 g/mol. The summed E-state index contributed by atoms with van der Waals surface area (Å²) in [6, 6.07) is 5.41. The van der Waals surface area contributed by atoms with E-state index in [2.05, 4.69) is 27.9 Å². The van der Waals surface area contributed by atoms with Gasteiger partial charge in [-0.3, -0.25) is 19.3 Å². The molecule has 0 N–H and O–H groups in total. The van der Waals surface area contributed by atoms with Crippen LogP contribution < -0.4 is 9.64 Å². The van der Waals surface area contributed by atoms with E-state index < -0.39 is 0 Å². The van der Waals surface area contributed by atoms with Gasteiger partial charge in [0.25, 0.3) is 5.91 Å². The van der Waals surface area contributed by atoms with Crippen LogP contribution in [0.15, 0.2) is 22.7 Å². The lowest BCUT2D eigenvalue weighted by Gasteiger charge is -2.38. The van der Waals surface area contributed by atoms with E-state index in [1.165, 1.54) is 4.90 Å². The summed E-state index contributed by atoms with van der Waals surface area (Å²) < 4.78 is 6.34. The molecule has 3 heterocycles.